The van der Waals surface area contributed by atoms with Crippen LogP contribution in [0.1, 0.15) is 59.4 Å². The summed E-state index contributed by atoms with van der Waals surface area (Å²) in [7, 11) is 1.87. The van der Waals surface area contributed by atoms with Crippen LogP contribution in [0, 0.1) is 45.9 Å². The molecular formula is C28H29F2N2+. The highest BCUT2D eigenvalue weighted by molar-refractivity contribution is 5.76. The third kappa shape index (κ3) is 3.71. The lowest BCUT2D eigenvalue weighted by Crippen LogP contribution is -2.32. The maximum Gasteiger partial charge on any atom is 0.257 e. The van der Waals surface area contributed by atoms with Crippen LogP contribution >= 0.6 is 0 Å². The largest absolute Gasteiger partial charge is 0.257 e. The van der Waals surface area contributed by atoms with Crippen molar-refractivity contribution in [2.75, 3.05) is 0 Å². The summed E-state index contributed by atoms with van der Waals surface area (Å²) in [5.41, 5.74) is 8.11. The van der Waals surface area contributed by atoms with Crippen LogP contribution in [0.5, 0.6) is 0 Å². The molecule has 0 unspecified atom stereocenters. The Kier molecular flexibility index (Phi) is 5.86. The molecule has 1 aliphatic rings. The van der Waals surface area contributed by atoms with E-state index < -0.39 is 17.3 Å². The van der Waals surface area contributed by atoms with E-state index in [1.54, 1.807) is 6.92 Å². The zero-order valence-corrected chi connectivity index (χ0v) is 19.4. The summed E-state index contributed by atoms with van der Waals surface area (Å²) >= 11 is 0. The van der Waals surface area contributed by atoms with Crippen LogP contribution in [0.3, 0.4) is 0 Å². The van der Waals surface area contributed by atoms with Crippen LogP contribution in [0.25, 0.3) is 27.2 Å². The molecule has 1 fully saturated rings. The summed E-state index contributed by atoms with van der Waals surface area (Å²) in [5, 5.41) is 0. The Morgan fingerprint density at radius 3 is 2.06 bits per heavy atom. The molecule has 0 aliphatic heterocycles. The molecule has 0 radical (unpaired) electrons. The van der Waals surface area contributed by atoms with Gasteiger partial charge >= 0.3 is 0 Å². The standard InChI is InChI=1S/C28H29F2N2/c1-16-14-24(26-19(4)13-23(29)28(31-5)27(26)30)32(6)15-22(16)25-17(2)11-21(12-18(25)3)20-9-7-8-10-20/h11-15,20H,7-10H2,1-4,6H3/q+1. The van der Waals surface area contributed by atoms with Gasteiger partial charge in [-0.15, -0.1) is 0 Å². The van der Waals surface area contributed by atoms with E-state index in [0.29, 0.717) is 17.2 Å². The topological polar surface area (TPSA) is 8.24 Å². The summed E-state index contributed by atoms with van der Waals surface area (Å²) in [5.74, 6) is -0.945. The van der Waals surface area contributed by atoms with Gasteiger partial charge in [0.1, 0.15) is 18.7 Å². The molecule has 3 aromatic rings. The first-order chi connectivity index (χ1) is 15.2. The Labute approximate surface area is 189 Å². The number of halogens is 2. The van der Waals surface area contributed by atoms with E-state index >= 15 is 4.39 Å². The first-order valence-electron chi connectivity index (χ1n) is 11.2. The van der Waals surface area contributed by atoms with E-state index in [1.807, 2.05) is 30.8 Å². The van der Waals surface area contributed by atoms with Crippen molar-refractivity contribution < 1.29 is 13.3 Å². The van der Waals surface area contributed by atoms with Gasteiger partial charge in [0.05, 0.1) is 12.1 Å². The average Bonchev–Trinajstić information content (AvgIpc) is 3.25. The highest BCUT2D eigenvalue weighted by Crippen LogP contribution is 2.39. The van der Waals surface area contributed by atoms with Crippen LogP contribution in [-0.4, -0.2) is 0 Å². The highest BCUT2D eigenvalue weighted by Gasteiger charge is 2.26. The van der Waals surface area contributed by atoms with Gasteiger partial charge in [0.2, 0.25) is 5.69 Å². The molecule has 1 saturated carbocycles. The van der Waals surface area contributed by atoms with E-state index in [4.69, 9.17) is 6.57 Å². The Balaban J connectivity index is 1.85. The quantitative estimate of drug-likeness (QED) is 0.299. The van der Waals surface area contributed by atoms with E-state index in [9.17, 15) is 4.39 Å². The lowest BCUT2D eigenvalue weighted by Gasteiger charge is -2.18. The number of hydrogen-bond acceptors (Lipinski definition) is 0. The van der Waals surface area contributed by atoms with Gasteiger partial charge in [-0.25, -0.2) is 18.2 Å². The second kappa shape index (κ2) is 8.47. The fourth-order valence-electron chi connectivity index (χ4n) is 5.32. The molecular weight excluding hydrogens is 402 g/mol. The third-order valence-corrected chi connectivity index (χ3v) is 6.89. The molecule has 32 heavy (non-hydrogen) atoms. The molecule has 4 rings (SSSR count). The van der Waals surface area contributed by atoms with Crippen molar-refractivity contribution >= 4 is 5.69 Å². The lowest BCUT2D eigenvalue weighted by molar-refractivity contribution is -0.660. The molecule has 0 saturated heterocycles. The minimum Gasteiger partial charge on any atom is -0.232 e. The minimum atomic E-state index is -0.816. The molecule has 164 valence electrons. The van der Waals surface area contributed by atoms with Gasteiger partial charge in [-0.05, 0) is 85.9 Å². The monoisotopic (exact) mass is 431 g/mol. The number of pyridine rings is 1. The van der Waals surface area contributed by atoms with E-state index in [1.165, 1.54) is 54.0 Å². The smallest absolute Gasteiger partial charge is 0.232 e. The molecule has 0 bridgehead atoms. The summed E-state index contributed by atoms with van der Waals surface area (Å²) in [4.78, 5) is 3.07. The van der Waals surface area contributed by atoms with Gasteiger partial charge in [-0.3, -0.25) is 0 Å². The van der Waals surface area contributed by atoms with Crippen LogP contribution in [-0.2, 0) is 7.05 Å². The van der Waals surface area contributed by atoms with Crippen molar-refractivity contribution in [3.05, 3.63) is 81.3 Å². The molecule has 2 nitrogen and oxygen atoms in total. The second-order valence-electron chi connectivity index (χ2n) is 9.20. The number of nitrogens with zero attached hydrogens (tertiary/aromatic N) is 2. The summed E-state index contributed by atoms with van der Waals surface area (Å²) in [6.45, 7) is 15.2. The Morgan fingerprint density at radius 1 is 0.875 bits per heavy atom. The maximum atomic E-state index is 15.1. The van der Waals surface area contributed by atoms with E-state index in [0.717, 1.165) is 11.1 Å². The van der Waals surface area contributed by atoms with Crippen LogP contribution in [0.2, 0.25) is 0 Å². The predicted octanol–water partition coefficient (Wildman–Crippen LogP) is 7.57. The van der Waals surface area contributed by atoms with Crippen LogP contribution in [0.15, 0.2) is 30.5 Å². The molecule has 0 spiro atoms. The predicted molar refractivity (Wildman–Crippen MR) is 125 cm³/mol. The highest BCUT2D eigenvalue weighted by atomic mass is 19.1. The number of hydrogen-bond donors (Lipinski definition) is 0. The van der Waals surface area contributed by atoms with E-state index in [-0.39, 0.29) is 5.56 Å². The fraction of sp³-hybridized carbons (Fsp3) is 0.357. The molecule has 1 aromatic heterocycles. The Hall–Kier alpha value is -3.06. The maximum absolute atomic E-state index is 15.1. The zero-order valence-electron chi connectivity index (χ0n) is 19.4. The van der Waals surface area contributed by atoms with E-state index in [2.05, 4.69) is 30.8 Å². The second-order valence-corrected chi connectivity index (χ2v) is 9.20. The number of aryl methyl sites for hydroxylation is 5. The Bertz CT molecular complexity index is 1240. The number of rotatable bonds is 3. The van der Waals surface area contributed by atoms with Crippen molar-refractivity contribution in [2.45, 2.75) is 59.3 Å². The average molecular weight is 432 g/mol. The minimum absolute atomic E-state index is 0.277. The fourth-order valence-corrected chi connectivity index (χ4v) is 5.32. The lowest BCUT2D eigenvalue weighted by atomic mass is 9.87. The molecule has 0 atom stereocenters. The first kappa shape index (κ1) is 22.1. The molecule has 4 heteroatoms. The molecule has 2 aromatic carbocycles. The number of aromatic nitrogens is 1. The van der Waals surface area contributed by atoms with Gasteiger partial charge in [0, 0.05) is 11.6 Å². The Morgan fingerprint density at radius 2 is 1.47 bits per heavy atom. The van der Waals surface area contributed by atoms with Gasteiger partial charge in [-0.1, -0.05) is 25.0 Å². The molecule has 1 heterocycles. The summed E-state index contributed by atoms with van der Waals surface area (Å²) in [6.07, 6.45) is 7.20. The van der Waals surface area contributed by atoms with Crippen molar-refractivity contribution in [1.29, 1.82) is 0 Å². The van der Waals surface area contributed by atoms with Crippen molar-refractivity contribution in [1.82, 2.24) is 0 Å². The van der Waals surface area contributed by atoms with Crippen LogP contribution in [0.4, 0.5) is 14.5 Å². The van der Waals surface area contributed by atoms with Gasteiger partial charge in [0.25, 0.3) is 5.69 Å². The zero-order chi connectivity index (χ0) is 23.2. The normalized spacial score (nSPS) is 14.1. The molecule has 1 aliphatic carbocycles. The first-order valence-corrected chi connectivity index (χ1v) is 11.2. The molecule has 0 N–H and O–H groups in total. The summed E-state index contributed by atoms with van der Waals surface area (Å²) in [6, 6.07) is 7.84. The van der Waals surface area contributed by atoms with Gasteiger partial charge in [-0.2, -0.15) is 0 Å². The SMILES string of the molecule is [C-]#[N+]c1c(F)cc(C)c(-c2cc(C)c(-c3c(C)cc(C4CCCC4)cc3C)c[n+]2C)c1F. The van der Waals surface area contributed by atoms with Crippen molar-refractivity contribution in [2.24, 2.45) is 7.05 Å². The van der Waals surface area contributed by atoms with Gasteiger partial charge in [0.15, 0.2) is 6.20 Å². The van der Waals surface area contributed by atoms with Crippen molar-refractivity contribution in [3.8, 4) is 22.4 Å². The van der Waals surface area contributed by atoms with Crippen LogP contribution < -0.4 is 4.57 Å². The number of benzene rings is 2. The summed E-state index contributed by atoms with van der Waals surface area (Å²) < 4.78 is 31.0. The van der Waals surface area contributed by atoms with Gasteiger partial charge < -0.3 is 0 Å². The third-order valence-electron chi connectivity index (χ3n) is 6.89. The molecule has 0 amide bonds. The van der Waals surface area contributed by atoms with Crippen molar-refractivity contribution in [3.63, 3.8) is 0 Å².